The molecule has 0 aliphatic carbocycles. The lowest BCUT2D eigenvalue weighted by atomic mass is 10.1. The Morgan fingerprint density at radius 2 is 1.76 bits per heavy atom. The van der Waals surface area contributed by atoms with Crippen LogP contribution in [-0.4, -0.2) is 42.9 Å². The van der Waals surface area contributed by atoms with E-state index in [4.69, 9.17) is 4.74 Å². The Labute approximate surface area is 104 Å². The van der Waals surface area contributed by atoms with Crippen LogP contribution in [0.15, 0.2) is 24.3 Å². The van der Waals surface area contributed by atoms with Crippen molar-refractivity contribution in [2.24, 2.45) is 0 Å². The van der Waals surface area contributed by atoms with Crippen LogP contribution in [0.3, 0.4) is 0 Å². The summed E-state index contributed by atoms with van der Waals surface area (Å²) in [6.07, 6.45) is 0.392. The van der Waals surface area contributed by atoms with E-state index in [0.717, 1.165) is 30.9 Å². The molecule has 0 heterocycles. The molecular weight excluding hydrogens is 214 g/mol. The summed E-state index contributed by atoms with van der Waals surface area (Å²) in [4.78, 5) is 2.23. The number of aliphatic hydroxyl groups is 1. The van der Waals surface area contributed by atoms with Gasteiger partial charge in [0.2, 0.25) is 0 Å². The maximum absolute atomic E-state index is 9.99. The number of rotatable bonds is 7. The molecule has 0 radical (unpaired) electrons. The van der Waals surface area contributed by atoms with E-state index < -0.39 is 0 Å². The average Bonchev–Trinajstić information content (AvgIpc) is 2.37. The third-order valence-corrected chi connectivity index (χ3v) is 2.99. The molecule has 1 unspecified atom stereocenters. The molecule has 1 aromatic carbocycles. The zero-order chi connectivity index (χ0) is 12.7. The number of methoxy groups -OCH3 is 1. The third kappa shape index (κ3) is 4.75. The van der Waals surface area contributed by atoms with Crippen molar-refractivity contribution in [3.05, 3.63) is 29.8 Å². The van der Waals surface area contributed by atoms with Gasteiger partial charge in [-0.25, -0.2) is 0 Å². The third-order valence-electron chi connectivity index (χ3n) is 2.99. The molecule has 17 heavy (non-hydrogen) atoms. The monoisotopic (exact) mass is 237 g/mol. The van der Waals surface area contributed by atoms with Gasteiger partial charge in [-0.05, 0) is 37.2 Å². The second-order valence-corrected chi connectivity index (χ2v) is 4.19. The molecule has 0 aliphatic rings. The lowest BCUT2D eigenvalue weighted by Crippen LogP contribution is -2.33. The van der Waals surface area contributed by atoms with Crippen LogP contribution in [0.4, 0.5) is 0 Å². The van der Waals surface area contributed by atoms with E-state index in [2.05, 4.69) is 18.7 Å². The number of hydrogen-bond acceptors (Lipinski definition) is 3. The number of nitrogens with zero attached hydrogens (tertiary/aromatic N) is 1. The second kappa shape index (κ2) is 7.30. The summed E-state index contributed by atoms with van der Waals surface area (Å²) in [5.41, 5.74) is 1.14. The minimum atomic E-state index is -0.303. The molecule has 0 spiro atoms. The lowest BCUT2D eigenvalue weighted by Gasteiger charge is -2.21. The van der Waals surface area contributed by atoms with Gasteiger partial charge in [0.15, 0.2) is 0 Å². The fraction of sp³-hybridized carbons (Fsp3) is 0.571. The molecule has 0 bridgehead atoms. The summed E-state index contributed by atoms with van der Waals surface area (Å²) in [6.45, 7) is 6.93. The predicted octanol–water partition coefficient (Wildman–Crippen LogP) is 1.94. The molecular formula is C14H23NO2. The van der Waals surface area contributed by atoms with Gasteiger partial charge in [0.25, 0.3) is 0 Å². The summed E-state index contributed by atoms with van der Waals surface area (Å²) < 4.78 is 5.10. The zero-order valence-electron chi connectivity index (χ0n) is 11.0. The van der Waals surface area contributed by atoms with Crippen LogP contribution >= 0.6 is 0 Å². The Balaban J connectivity index is 2.46. The molecule has 0 amide bonds. The quantitative estimate of drug-likeness (QED) is 0.786. The Morgan fingerprint density at radius 3 is 2.24 bits per heavy atom. The fourth-order valence-corrected chi connectivity index (χ4v) is 1.88. The summed E-state index contributed by atoms with van der Waals surface area (Å²) >= 11 is 0. The van der Waals surface area contributed by atoms with Crippen molar-refractivity contribution in [3.8, 4) is 5.75 Å². The van der Waals surface area contributed by atoms with Gasteiger partial charge in [-0.3, -0.25) is 0 Å². The highest BCUT2D eigenvalue weighted by molar-refractivity contribution is 5.27. The highest BCUT2D eigenvalue weighted by Gasteiger charge is 2.09. The molecule has 3 heteroatoms. The van der Waals surface area contributed by atoms with Gasteiger partial charge < -0.3 is 14.7 Å². The van der Waals surface area contributed by atoms with Crippen LogP contribution in [0.5, 0.6) is 5.75 Å². The molecule has 0 fully saturated rings. The SMILES string of the molecule is CCN(CC)CC(O)Cc1ccc(OC)cc1. The molecule has 0 aliphatic heterocycles. The topological polar surface area (TPSA) is 32.7 Å². The van der Waals surface area contributed by atoms with Gasteiger partial charge in [0, 0.05) is 6.54 Å². The van der Waals surface area contributed by atoms with Crippen LogP contribution in [0.25, 0.3) is 0 Å². The van der Waals surface area contributed by atoms with E-state index in [-0.39, 0.29) is 6.10 Å². The van der Waals surface area contributed by atoms with E-state index in [1.807, 2.05) is 24.3 Å². The largest absolute Gasteiger partial charge is 0.497 e. The van der Waals surface area contributed by atoms with Crippen molar-refractivity contribution in [3.63, 3.8) is 0 Å². The number of benzene rings is 1. The zero-order valence-corrected chi connectivity index (χ0v) is 11.0. The molecule has 1 N–H and O–H groups in total. The van der Waals surface area contributed by atoms with E-state index in [0.29, 0.717) is 6.42 Å². The second-order valence-electron chi connectivity index (χ2n) is 4.19. The standard InChI is InChI=1S/C14H23NO2/c1-4-15(5-2)11-13(16)10-12-6-8-14(17-3)9-7-12/h6-9,13,16H,4-5,10-11H2,1-3H3. The first-order valence-electron chi connectivity index (χ1n) is 6.22. The Hall–Kier alpha value is -1.06. The van der Waals surface area contributed by atoms with Crippen LogP contribution in [0.2, 0.25) is 0 Å². The summed E-state index contributed by atoms with van der Waals surface area (Å²) in [7, 11) is 1.66. The fourth-order valence-electron chi connectivity index (χ4n) is 1.88. The van der Waals surface area contributed by atoms with E-state index in [1.54, 1.807) is 7.11 Å². The minimum Gasteiger partial charge on any atom is -0.497 e. The van der Waals surface area contributed by atoms with Crippen molar-refractivity contribution in [2.45, 2.75) is 26.4 Å². The molecule has 96 valence electrons. The van der Waals surface area contributed by atoms with Crippen molar-refractivity contribution in [1.82, 2.24) is 4.90 Å². The summed E-state index contributed by atoms with van der Waals surface area (Å²) in [6, 6.07) is 7.87. The number of aliphatic hydroxyl groups excluding tert-OH is 1. The molecule has 1 atom stereocenters. The van der Waals surface area contributed by atoms with E-state index in [9.17, 15) is 5.11 Å². The van der Waals surface area contributed by atoms with Gasteiger partial charge >= 0.3 is 0 Å². The van der Waals surface area contributed by atoms with E-state index >= 15 is 0 Å². The van der Waals surface area contributed by atoms with E-state index in [1.165, 1.54) is 0 Å². The summed E-state index contributed by atoms with van der Waals surface area (Å²) in [5, 5.41) is 9.99. The van der Waals surface area contributed by atoms with Crippen molar-refractivity contribution >= 4 is 0 Å². The molecule has 1 aromatic rings. The van der Waals surface area contributed by atoms with Crippen LogP contribution in [-0.2, 0) is 6.42 Å². The van der Waals surface area contributed by atoms with Gasteiger partial charge in [-0.15, -0.1) is 0 Å². The highest BCUT2D eigenvalue weighted by Crippen LogP contribution is 2.13. The molecule has 0 aromatic heterocycles. The van der Waals surface area contributed by atoms with Crippen molar-refractivity contribution < 1.29 is 9.84 Å². The number of likely N-dealkylation sites (N-methyl/N-ethyl adjacent to an activating group) is 1. The first-order valence-corrected chi connectivity index (χ1v) is 6.22. The Morgan fingerprint density at radius 1 is 1.18 bits per heavy atom. The smallest absolute Gasteiger partial charge is 0.118 e. The van der Waals surface area contributed by atoms with Gasteiger partial charge in [0.05, 0.1) is 13.2 Å². The number of hydrogen-bond donors (Lipinski definition) is 1. The Bertz CT molecular complexity index is 307. The maximum atomic E-state index is 9.99. The molecule has 1 rings (SSSR count). The van der Waals surface area contributed by atoms with Crippen LogP contribution in [0.1, 0.15) is 19.4 Å². The van der Waals surface area contributed by atoms with Crippen molar-refractivity contribution in [1.29, 1.82) is 0 Å². The predicted molar refractivity (Wildman–Crippen MR) is 70.5 cm³/mol. The van der Waals surface area contributed by atoms with Gasteiger partial charge in [-0.1, -0.05) is 26.0 Å². The van der Waals surface area contributed by atoms with Crippen LogP contribution in [0, 0.1) is 0 Å². The lowest BCUT2D eigenvalue weighted by molar-refractivity contribution is 0.118. The van der Waals surface area contributed by atoms with Gasteiger partial charge in [0.1, 0.15) is 5.75 Å². The van der Waals surface area contributed by atoms with Gasteiger partial charge in [-0.2, -0.15) is 0 Å². The Kier molecular flexibility index (Phi) is 6.01. The highest BCUT2D eigenvalue weighted by atomic mass is 16.5. The average molecular weight is 237 g/mol. The molecule has 3 nitrogen and oxygen atoms in total. The summed E-state index contributed by atoms with van der Waals surface area (Å²) in [5.74, 6) is 0.854. The first kappa shape index (κ1) is 14.0. The van der Waals surface area contributed by atoms with Crippen molar-refractivity contribution in [2.75, 3.05) is 26.7 Å². The minimum absolute atomic E-state index is 0.303. The first-order chi connectivity index (χ1) is 8.19. The number of ether oxygens (including phenoxy) is 1. The molecule has 0 saturated heterocycles. The molecule has 0 saturated carbocycles. The van der Waals surface area contributed by atoms with Crippen LogP contribution < -0.4 is 4.74 Å². The normalized spacial score (nSPS) is 12.8. The maximum Gasteiger partial charge on any atom is 0.118 e.